The van der Waals surface area contributed by atoms with Crippen molar-refractivity contribution in [3.8, 4) is 0 Å². The fourth-order valence-corrected chi connectivity index (χ4v) is 6.90. The predicted octanol–water partition coefficient (Wildman–Crippen LogP) is 5.55. The molecule has 190 valence electrons. The average molecular weight is 499 g/mol. The van der Waals surface area contributed by atoms with Crippen molar-refractivity contribution in [2.45, 2.75) is 75.6 Å². The van der Waals surface area contributed by atoms with E-state index < -0.39 is 10.0 Å². The number of carbonyl (C=O) groups excluding carboxylic acids is 1. The summed E-state index contributed by atoms with van der Waals surface area (Å²) in [6.45, 7) is 1.61. The van der Waals surface area contributed by atoms with Crippen LogP contribution in [0.3, 0.4) is 0 Å². The number of hydrogen-bond donors (Lipinski definition) is 2. The third-order valence-corrected chi connectivity index (χ3v) is 9.14. The molecule has 1 aromatic carbocycles. The fraction of sp³-hybridized carbons (Fsp3) is 0.556. The second kappa shape index (κ2) is 12.5. The van der Waals surface area contributed by atoms with Crippen molar-refractivity contribution in [3.05, 3.63) is 54.4 Å². The average Bonchev–Trinajstić information content (AvgIpc) is 2.89. The number of pyridine rings is 1. The Balaban J connectivity index is 1.40. The molecule has 0 spiro atoms. The van der Waals surface area contributed by atoms with Crippen molar-refractivity contribution < 1.29 is 13.2 Å². The number of urea groups is 1. The zero-order valence-corrected chi connectivity index (χ0v) is 21.3. The number of benzene rings is 1. The number of amides is 2. The van der Waals surface area contributed by atoms with Crippen LogP contribution in [0.15, 0.2) is 53.7 Å². The van der Waals surface area contributed by atoms with Gasteiger partial charge in [0.05, 0.1) is 4.90 Å². The summed E-state index contributed by atoms with van der Waals surface area (Å²) in [4.78, 5) is 16.6. The van der Waals surface area contributed by atoms with Crippen LogP contribution in [-0.2, 0) is 16.6 Å². The highest BCUT2D eigenvalue weighted by Gasteiger charge is 2.30. The van der Waals surface area contributed by atoms with E-state index in [9.17, 15) is 13.2 Å². The Kier molecular flexibility index (Phi) is 9.15. The van der Waals surface area contributed by atoms with Crippen molar-refractivity contribution in [1.29, 1.82) is 0 Å². The number of aromatic nitrogens is 1. The first kappa shape index (κ1) is 25.6. The Morgan fingerprint density at radius 1 is 0.886 bits per heavy atom. The van der Waals surface area contributed by atoms with E-state index in [2.05, 4.69) is 15.6 Å². The zero-order chi connectivity index (χ0) is 24.5. The molecule has 2 aliphatic carbocycles. The van der Waals surface area contributed by atoms with Gasteiger partial charge in [-0.15, -0.1) is 0 Å². The number of rotatable bonds is 9. The second-order valence-electron chi connectivity index (χ2n) is 10.0. The maximum Gasteiger partial charge on any atom is 0.319 e. The Hall–Kier alpha value is -2.45. The van der Waals surface area contributed by atoms with Crippen molar-refractivity contribution >= 4 is 21.7 Å². The van der Waals surface area contributed by atoms with Crippen LogP contribution >= 0.6 is 0 Å². The highest BCUT2D eigenvalue weighted by molar-refractivity contribution is 7.89. The lowest BCUT2D eigenvalue weighted by Crippen LogP contribution is -2.39. The van der Waals surface area contributed by atoms with Gasteiger partial charge < -0.3 is 10.6 Å². The molecular weight excluding hydrogens is 460 g/mol. The van der Waals surface area contributed by atoms with Crippen molar-refractivity contribution in [3.63, 3.8) is 0 Å². The molecule has 0 atom stereocenters. The molecule has 0 unspecified atom stereocenters. The normalized spacial score (nSPS) is 17.9. The first-order chi connectivity index (χ1) is 17.0. The van der Waals surface area contributed by atoms with E-state index in [1.165, 1.54) is 38.5 Å². The summed E-state index contributed by atoms with van der Waals surface area (Å²) in [5.41, 5.74) is 1.46. The molecule has 2 amide bonds. The minimum atomic E-state index is -3.59. The number of sulfonamides is 1. The summed E-state index contributed by atoms with van der Waals surface area (Å²) >= 11 is 0. The summed E-state index contributed by atoms with van der Waals surface area (Å²) in [6, 6.07) is 9.91. The maximum atomic E-state index is 13.7. The van der Waals surface area contributed by atoms with Crippen LogP contribution in [0, 0.1) is 11.8 Å². The molecule has 35 heavy (non-hydrogen) atoms. The smallest absolute Gasteiger partial charge is 0.319 e. The topological polar surface area (TPSA) is 91.4 Å². The second-order valence-corrected chi connectivity index (χ2v) is 12.0. The van der Waals surface area contributed by atoms with Crippen molar-refractivity contribution in [1.82, 2.24) is 14.6 Å². The Morgan fingerprint density at radius 2 is 1.49 bits per heavy atom. The van der Waals surface area contributed by atoms with Gasteiger partial charge in [-0.3, -0.25) is 4.98 Å². The van der Waals surface area contributed by atoms with E-state index in [0.717, 1.165) is 31.2 Å². The Bertz CT molecular complexity index is 1010. The van der Waals surface area contributed by atoms with Crippen LogP contribution in [0.4, 0.5) is 10.5 Å². The van der Waals surface area contributed by atoms with E-state index in [-0.39, 0.29) is 6.03 Å². The molecule has 4 rings (SSSR count). The molecule has 0 bridgehead atoms. The van der Waals surface area contributed by atoms with Crippen LogP contribution < -0.4 is 10.6 Å². The molecule has 0 aliphatic heterocycles. The minimum absolute atomic E-state index is 0.297. The number of carbonyl (C=O) groups is 1. The number of anilines is 1. The lowest BCUT2D eigenvalue weighted by atomic mass is 9.87. The monoisotopic (exact) mass is 498 g/mol. The number of hydrogen-bond acceptors (Lipinski definition) is 4. The summed E-state index contributed by atoms with van der Waals surface area (Å²) in [5.74, 6) is 0.901. The molecule has 1 aromatic heterocycles. The highest BCUT2D eigenvalue weighted by atomic mass is 32.2. The molecule has 2 fully saturated rings. The van der Waals surface area contributed by atoms with Crippen molar-refractivity contribution in [2.24, 2.45) is 11.8 Å². The van der Waals surface area contributed by atoms with Crippen LogP contribution in [0.1, 0.15) is 69.8 Å². The van der Waals surface area contributed by atoms with Gasteiger partial charge >= 0.3 is 6.03 Å². The van der Waals surface area contributed by atoms with Gasteiger partial charge in [0.1, 0.15) is 0 Å². The molecule has 7 nitrogen and oxygen atoms in total. The van der Waals surface area contributed by atoms with Crippen LogP contribution in [-0.4, -0.2) is 36.8 Å². The lowest BCUT2D eigenvalue weighted by Gasteiger charge is -2.33. The largest absolute Gasteiger partial charge is 0.334 e. The fourth-order valence-electron chi connectivity index (χ4n) is 5.31. The molecule has 2 saturated carbocycles. The van der Waals surface area contributed by atoms with Gasteiger partial charge in [0.25, 0.3) is 0 Å². The first-order valence-corrected chi connectivity index (χ1v) is 14.5. The minimum Gasteiger partial charge on any atom is -0.334 e. The van der Waals surface area contributed by atoms with Gasteiger partial charge in [-0.25, -0.2) is 13.2 Å². The van der Waals surface area contributed by atoms with Crippen LogP contribution in [0.2, 0.25) is 0 Å². The molecule has 2 N–H and O–H groups in total. The van der Waals surface area contributed by atoms with Gasteiger partial charge in [0.2, 0.25) is 10.0 Å². The lowest BCUT2D eigenvalue weighted by molar-refractivity contribution is 0.232. The quantitative estimate of drug-likeness (QED) is 0.474. The zero-order valence-electron chi connectivity index (χ0n) is 20.5. The van der Waals surface area contributed by atoms with Gasteiger partial charge in [0, 0.05) is 37.7 Å². The third-order valence-electron chi connectivity index (χ3n) is 7.30. The molecule has 2 aromatic rings. The van der Waals surface area contributed by atoms with Crippen LogP contribution in [0.5, 0.6) is 0 Å². The van der Waals surface area contributed by atoms with Gasteiger partial charge in [-0.2, -0.15) is 4.31 Å². The van der Waals surface area contributed by atoms with E-state index in [4.69, 9.17) is 0 Å². The van der Waals surface area contributed by atoms with Crippen molar-refractivity contribution in [2.75, 3.05) is 18.4 Å². The Morgan fingerprint density at radius 3 is 2.03 bits per heavy atom. The molecular formula is C27H38N4O3S. The summed E-state index contributed by atoms with van der Waals surface area (Å²) < 4.78 is 29.2. The molecule has 0 radical (unpaired) electrons. The molecule has 2 aliphatic rings. The summed E-state index contributed by atoms with van der Waals surface area (Å²) in [6.07, 6.45) is 15.2. The van der Waals surface area contributed by atoms with Crippen LogP contribution in [0.25, 0.3) is 0 Å². The van der Waals surface area contributed by atoms with Gasteiger partial charge in [-0.05, 0) is 73.4 Å². The molecule has 0 saturated heterocycles. The number of nitrogens with zero attached hydrogens (tertiary/aromatic N) is 2. The van der Waals surface area contributed by atoms with E-state index >= 15 is 0 Å². The molecule has 1 heterocycles. The predicted molar refractivity (Wildman–Crippen MR) is 138 cm³/mol. The standard InChI is InChI=1S/C27H38N4O3S/c32-27(29-19-24-12-7-17-28-18-24)30-25-13-15-26(16-14-25)35(33,34)31(20-22-8-3-1-4-9-22)21-23-10-5-2-6-11-23/h7,12-18,22-23H,1-6,8-11,19-21H2,(H2,29,30,32). The summed E-state index contributed by atoms with van der Waals surface area (Å²) in [7, 11) is -3.59. The van der Waals surface area contributed by atoms with E-state index in [1.54, 1.807) is 41.0 Å². The SMILES string of the molecule is O=C(NCc1cccnc1)Nc1ccc(S(=O)(=O)N(CC2CCCCC2)CC2CCCCC2)cc1. The molecule has 8 heteroatoms. The van der Waals surface area contributed by atoms with Gasteiger partial charge in [0.15, 0.2) is 0 Å². The highest BCUT2D eigenvalue weighted by Crippen LogP contribution is 2.30. The maximum absolute atomic E-state index is 13.7. The van der Waals surface area contributed by atoms with Gasteiger partial charge in [-0.1, -0.05) is 44.6 Å². The Labute approximate surface area is 209 Å². The first-order valence-electron chi connectivity index (χ1n) is 13.0. The van der Waals surface area contributed by atoms with E-state index in [1.807, 2.05) is 12.1 Å². The third kappa shape index (κ3) is 7.51. The van der Waals surface area contributed by atoms with E-state index in [0.29, 0.717) is 42.1 Å². The number of nitrogens with one attached hydrogen (secondary N) is 2. The summed E-state index contributed by atoms with van der Waals surface area (Å²) in [5, 5.41) is 5.56.